The van der Waals surface area contributed by atoms with Gasteiger partial charge in [0.2, 0.25) is 0 Å². The fourth-order valence-electron chi connectivity index (χ4n) is 3.07. The van der Waals surface area contributed by atoms with Gasteiger partial charge in [0.05, 0.1) is 11.3 Å². The molecule has 0 bridgehead atoms. The second-order valence-electron chi connectivity index (χ2n) is 6.43. The number of alkyl halides is 3. The summed E-state index contributed by atoms with van der Waals surface area (Å²) in [5.41, 5.74) is 0.861. The lowest BCUT2D eigenvalue weighted by atomic mass is 10.1. The third-order valence-electron chi connectivity index (χ3n) is 4.43. The van der Waals surface area contributed by atoms with Crippen molar-refractivity contribution < 1.29 is 18.0 Å². The zero-order valence-corrected chi connectivity index (χ0v) is 15.1. The van der Waals surface area contributed by atoms with Crippen molar-refractivity contribution in [2.24, 2.45) is 4.99 Å². The van der Waals surface area contributed by atoms with Crippen LogP contribution in [0.4, 0.5) is 18.9 Å². The average molecular weight is 392 g/mol. The molecule has 4 rings (SSSR count). The Labute approximate surface area is 165 Å². The molecule has 3 aromatic carbocycles. The SMILES string of the molecule is O=C1C(=Cc2ccccc2)N=C(c2ccccc2)N1c1cccc(C(F)(F)F)c1. The molecule has 0 fully saturated rings. The number of nitrogens with zero attached hydrogens (tertiary/aromatic N) is 2. The molecule has 0 aliphatic carbocycles. The highest BCUT2D eigenvalue weighted by atomic mass is 19.4. The van der Waals surface area contributed by atoms with Crippen LogP contribution in [0.15, 0.2) is 95.6 Å². The van der Waals surface area contributed by atoms with Gasteiger partial charge in [0.15, 0.2) is 0 Å². The molecule has 6 heteroatoms. The summed E-state index contributed by atoms with van der Waals surface area (Å²) in [7, 11) is 0. The predicted octanol–water partition coefficient (Wildman–Crippen LogP) is 5.54. The van der Waals surface area contributed by atoms with Gasteiger partial charge in [0.1, 0.15) is 11.5 Å². The monoisotopic (exact) mass is 392 g/mol. The van der Waals surface area contributed by atoms with Gasteiger partial charge in [-0.1, -0.05) is 66.7 Å². The third-order valence-corrected chi connectivity index (χ3v) is 4.43. The Morgan fingerprint density at radius 2 is 1.48 bits per heavy atom. The number of aliphatic imine (C=N–C) groups is 1. The van der Waals surface area contributed by atoms with Crippen LogP contribution in [0.5, 0.6) is 0 Å². The Balaban J connectivity index is 1.83. The minimum Gasteiger partial charge on any atom is -0.266 e. The van der Waals surface area contributed by atoms with E-state index in [1.807, 2.05) is 36.4 Å². The van der Waals surface area contributed by atoms with Gasteiger partial charge >= 0.3 is 6.18 Å². The molecule has 1 aliphatic rings. The molecular weight excluding hydrogens is 377 g/mol. The molecule has 0 unspecified atom stereocenters. The first-order valence-electron chi connectivity index (χ1n) is 8.86. The average Bonchev–Trinajstić information content (AvgIpc) is 3.05. The number of amidine groups is 1. The summed E-state index contributed by atoms with van der Waals surface area (Å²) in [4.78, 5) is 18.8. The van der Waals surface area contributed by atoms with Crippen molar-refractivity contribution in [3.63, 3.8) is 0 Å². The van der Waals surface area contributed by atoms with Crippen LogP contribution in [-0.2, 0) is 11.0 Å². The van der Waals surface area contributed by atoms with Gasteiger partial charge < -0.3 is 0 Å². The maximum Gasteiger partial charge on any atom is 0.416 e. The van der Waals surface area contributed by atoms with E-state index in [1.54, 1.807) is 30.3 Å². The van der Waals surface area contributed by atoms with Gasteiger partial charge in [0.25, 0.3) is 5.91 Å². The number of rotatable bonds is 3. The van der Waals surface area contributed by atoms with Crippen molar-refractivity contribution in [1.82, 2.24) is 0 Å². The molecule has 0 atom stereocenters. The van der Waals surface area contributed by atoms with Crippen molar-refractivity contribution in [2.75, 3.05) is 4.90 Å². The smallest absolute Gasteiger partial charge is 0.266 e. The molecule has 0 spiro atoms. The highest BCUT2D eigenvalue weighted by Gasteiger charge is 2.35. The Kier molecular flexibility index (Phi) is 4.76. The minimum absolute atomic E-state index is 0.115. The molecule has 0 radical (unpaired) electrons. The summed E-state index contributed by atoms with van der Waals surface area (Å²) in [6.45, 7) is 0. The Hall–Kier alpha value is -3.67. The lowest BCUT2D eigenvalue weighted by Crippen LogP contribution is -2.32. The van der Waals surface area contributed by atoms with E-state index in [2.05, 4.69) is 4.99 Å². The highest BCUT2D eigenvalue weighted by molar-refractivity contribution is 6.33. The van der Waals surface area contributed by atoms with E-state index in [4.69, 9.17) is 0 Å². The van der Waals surface area contributed by atoms with E-state index in [-0.39, 0.29) is 17.2 Å². The Morgan fingerprint density at radius 1 is 0.828 bits per heavy atom. The van der Waals surface area contributed by atoms with Crippen LogP contribution >= 0.6 is 0 Å². The molecule has 144 valence electrons. The van der Waals surface area contributed by atoms with Crippen LogP contribution in [0.1, 0.15) is 16.7 Å². The van der Waals surface area contributed by atoms with Crippen LogP contribution in [0.3, 0.4) is 0 Å². The zero-order chi connectivity index (χ0) is 20.4. The molecule has 0 N–H and O–H groups in total. The molecule has 3 nitrogen and oxygen atoms in total. The van der Waals surface area contributed by atoms with E-state index in [1.165, 1.54) is 17.0 Å². The van der Waals surface area contributed by atoms with E-state index in [0.29, 0.717) is 5.56 Å². The van der Waals surface area contributed by atoms with Gasteiger partial charge in [0, 0.05) is 5.56 Å². The topological polar surface area (TPSA) is 32.7 Å². The van der Waals surface area contributed by atoms with Crippen LogP contribution in [0.2, 0.25) is 0 Å². The summed E-state index contributed by atoms with van der Waals surface area (Å²) >= 11 is 0. The van der Waals surface area contributed by atoms with Crippen molar-refractivity contribution in [3.05, 3.63) is 107 Å². The summed E-state index contributed by atoms with van der Waals surface area (Å²) in [6, 6.07) is 22.8. The lowest BCUT2D eigenvalue weighted by Gasteiger charge is -2.20. The molecule has 1 heterocycles. The van der Waals surface area contributed by atoms with Gasteiger partial charge in [-0.05, 0) is 29.8 Å². The number of hydrogen-bond acceptors (Lipinski definition) is 2. The quantitative estimate of drug-likeness (QED) is 0.539. The zero-order valence-electron chi connectivity index (χ0n) is 15.1. The summed E-state index contributed by atoms with van der Waals surface area (Å²) in [6.07, 6.45) is -2.88. The van der Waals surface area contributed by atoms with Crippen LogP contribution < -0.4 is 4.90 Å². The van der Waals surface area contributed by atoms with Gasteiger partial charge in [-0.25, -0.2) is 4.99 Å². The first-order valence-corrected chi connectivity index (χ1v) is 8.86. The largest absolute Gasteiger partial charge is 0.416 e. The second kappa shape index (κ2) is 7.39. The van der Waals surface area contributed by atoms with Crippen molar-refractivity contribution in [2.45, 2.75) is 6.18 Å². The second-order valence-corrected chi connectivity index (χ2v) is 6.43. The third kappa shape index (κ3) is 3.82. The molecule has 29 heavy (non-hydrogen) atoms. The lowest BCUT2D eigenvalue weighted by molar-refractivity contribution is -0.137. The van der Waals surface area contributed by atoms with Crippen LogP contribution in [0, 0.1) is 0 Å². The standard InChI is InChI=1S/C23H15F3N2O/c24-23(25,26)18-12-7-13-19(15-18)28-21(17-10-5-2-6-11-17)27-20(22(28)29)14-16-8-3-1-4-9-16/h1-15H. The molecule has 1 amide bonds. The highest BCUT2D eigenvalue weighted by Crippen LogP contribution is 2.34. The summed E-state index contributed by atoms with van der Waals surface area (Å²) < 4.78 is 39.6. The van der Waals surface area contributed by atoms with Gasteiger partial charge in [-0.2, -0.15) is 13.2 Å². The normalized spacial score (nSPS) is 15.7. The van der Waals surface area contributed by atoms with E-state index >= 15 is 0 Å². The molecular formula is C23H15F3N2O. The number of hydrogen-bond donors (Lipinski definition) is 0. The number of amides is 1. The number of halogens is 3. The summed E-state index contributed by atoms with van der Waals surface area (Å²) in [5.74, 6) is -0.191. The van der Waals surface area contributed by atoms with Gasteiger partial charge in [-0.15, -0.1) is 0 Å². The fraction of sp³-hybridized carbons (Fsp3) is 0.0435. The first-order chi connectivity index (χ1) is 13.9. The number of benzene rings is 3. The molecule has 0 aromatic heterocycles. The van der Waals surface area contributed by atoms with Crippen molar-refractivity contribution in [3.8, 4) is 0 Å². The number of carbonyl (C=O) groups excluding carboxylic acids is 1. The summed E-state index contributed by atoms with van der Waals surface area (Å²) in [5, 5.41) is 0. The molecule has 0 saturated carbocycles. The van der Waals surface area contributed by atoms with Gasteiger partial charge in [-0.3, -0.25) is 9.69 Å². The molecule has 0 saturated heterocycles. The van der Waals surface area contributed by atoms with Crippen molar-refractivity contribution in [1.29, 1.82) is 0 Å². The number of anilines is 1. The minimum atomic E-state index is -4.51. The number of carbonyl (C=O) groups is 1. The Bertz CT molecular complexity index is 1100. The molecule has 3 aromatic rings. The van der Waals surface area contributed by atoms with Crippen LogP contribution in [-0.4, -0.2) is 11.7 Å². The van der Waals surface area contributed by atoms with E-state index in [0.717, 1.165) is 17.7 Å². The maximum absolute atomic E-state index is 13.2. The van der Waals surface area contributed by atoms with Crippen molar-refractivity contribution >= 4 is 23.5 Å². The predicted molar refractivity (Wildman–Crippen MR) is 106 cm³/mol. The van der Waals surface area contributed by atoms with Crippen LogP contribution in [0.25, 0.3) is 6.08 Å². The molecule has 1 aliphatic heterocycles. The maximum atomic E-state index is 13.2. The van der Waals surface area contributed by atoms with E-state index < -0.39 is 17.6 Å². The Morgan fingerprint density at radius 3 is 2.14 bits per heavy atom. The fourth-order valence-corrected chi connectivity index (χ4v) is 3.07. The first kappa shape index (κ1) is 18.7. The van der Waals surface area contributed by atoms with E-state index in [9.17, 15) is 18.0 Å².